The van der Waals surface area contributed by atoms with E-state index in [1.807, 2.05) is 23.1 Å². The number of aromatic nitrogens is 3. The summed E-state index contributed by atoms with van der Waals surface area (Å²) in [7, 11) is 0. The standard InChI is InChI=1S/C21H21FN4O/c22-17-8-6-15(7-9-17)13-18-4-1-5-19(24-18)16-3-2-12-26(14-16)21(27)20-10-11-23-25-20/h1,4-11,16H,2-3,12-14H2,(H,23,25)/t16-/m1/s1. The number of pyridine rings is 1. The monoisotopic (exact) mass is 364 g/mol. The first-order valence-corrected chi connectivity index (χ1v) is 9.18. The highest BCUT2D eigenvalue weighted by atomic mass is 19.1. The summed E-state index contributed by atoms with van der Waals surface area (Å²) in [5, 5.41) is 6.61. The summed E-state index contributed by atoms with van der Waals surface area (Å²) in [5.41, 5.74) is 3.52. The molecule has 0 unspecified atom stereocenters. The van der Waals surface area contributed by atoms with Gasteiger partial charge in [0.15, 0.2) is 0 Å². The number of H-pyrrole nitrogens is 1. The molecule has 3 heterocycles. The van der Waals surface area contributed by atoms with Crippen molar-refractivity contribution in [3.8, 4) is 0 Å². The molecule has 1 N–H and O–H groups in total. The van der Waals surface area contributed by atoms with Gasteiger partial charge in [-0.2, -0.15) is 5.10 Å². The lowest BCUT2D eigenvalue weighted by molar-refractivity contribution is 0.0700. The van der Waals surface area contributed by atoms with E-state index in [1.165, 1.54) is 12.1 Å². The first kappa shape index (κ1) is 17.4. The Morgan fingerprint density at radius 2 is 2.04 bits per heavy atom. The first-order valence-electron chi connectivity index (χ1n) is 9.18. The number of rotatable bonds is 4. The van der Waals surface area contributed by atoms with E-state index in [9.17, 15) is 9.18 Å². The highest BCUT2D eigenvalue weighted by Gasteiger charge is 2.26. The van der Waals surface area contributed by atoms with E-state index in [0.29, 0.717) is 18.7 Å². The van der Waals surface area contributed by atoms with E-state index < -0.39 is 0 Å². The minimum absolute atomic E-state index is 0.0142. The van der Waals surface area contributed by atoms with Crippen molar-refractivity contribution in [1.29, 1.82) is 0 Å². The number of benzene rings is 1. The SMILES string of the molecule is O=C(c1ccn[nH]1)N1CCC[C@@H](c2cccc(Cc3ccc(F)cc3)n2)C1. The lowest BCUT2D eigenvalue weighted by Gasteiger charge is -2.32. The Morgan fingerprint density at radius 1 is 1.19 bits per heavy atom. The number of halogens is 1. The zero-order valence-corrected chi connectivity index (χ0v) is 14.9. The summed E-state index contributed by atoms with van der Waals surface area (Å²) in [6.45, 7) is 1.41. The molecule has 1 saturated heterocycles. The van der Waals surface area contributed by atoms with Gasteiger partial charge in [0.2, 0.25) is 0 Å². The molecule has 0 radical (unpaired) electrons. The molecule has 1 aliphatic rings. The van der Waals surface area contributed by atoms with Crippen LogP contribution in [0.1, 0.15) is 46.2 Å². The number of nitrogens with zero attached hydrogens (tertiary/aromatic N) is 3. The van der Waals surface area contributed by atoms with Crippen LogP contribution in [-0.2, 0) is 6.42 Å². The van der Waals surface area contributed by atoms with Crippen molar-refractivity contribution in [3.63, 3.8) is 0 Å². The number of aromatic amines is 1. The molecule has 1 amide bonds. The Labute approximate surface area is 157 Å². The first-order chi connectivity index (χ1) is 13.2. The second-order valence-corrected chi connectivity index (χ2v) is 6.92. The van der Waals surface area contributed by atoms with Crippen LogP contribution in [0, 0.1) is 5.82 Å². The van der Waals surface area contributed by atoms with Crippen molar-refractivity contribution in [2.45, 2.75) is 25.2 Å². The van der Waals surface area contributed by atoms with Crippen LogP contribution in [0.5, 0.6) is 0 Å². The number of piperidine rings is 1. The molecule has 0 bridgehead atoms. The Kier molecular flexibility index (Phi) is 4.96. The van der Waals surface area contributed by atoms with Crippen LogP contribution < -0.4 is 0 Å². The topological polar surface area (TPSA) is 61.9 Å². The van der Waals surface area contributed by atoms with Crippen molar-refractivity contribution >= 4 is 5.91 Å². The molecule has 1 aromatic carbocycles. The summed E-state index contributed by atoms with van der Waals surface area (Å²) in [4.78, 5) is 19.3. The summed E-state index contributed by atoms with van der Waals surface area (Å²) in [6, 6.07) is 14.2. The lowest BCUT2D eigenvalue weighted by Crippen LogP contribution is -2.39. The molecule has 0 saturated carbocycles. The normalized spacial score (nSPS) is 17.1. The summed E-state index contributed by atoms with van der Waals surface area (Å²) in [5.74, 6) is -0.0249. The molecule has 5 nitrogen and oxygen atoms in total. The third kappa shape index (κ3) is 4.05. The summed E-state index contributed by atoms with van der Waals surface area (Å²) in [6.07, 6.45) is 4.22. The fourth-order valence-electron chi connectivity index (χ4n) is 3.58. The highest BCUT2D eigenvalue weighted by molar-refractivity contribution is 5.92. The highest BCUT2D eigenvalue weighted by Crippen LogP contribution is 2.27. The number of carbonyl (C=O) groups is 1. The van der Waals surface area contributed by atoms with Gasteiger partial charge in [-0.1, -0.05) is 18.2 Å². The molecule has 6 heteroatoms. The van der Waals surface area contributed by atoms with Gasteiger partial charge >= 0.3 is 0 Å². The molecule has 2 aromatic heterocycles. The molecule has 0 spiro atoms. The van der Waals surface area contributed by atoms with E-state index in [4.69, 9.17) is 4.98 Å². The quantitative estimate of drug-likeness (QED) is 0.770. The zero-order chi connectivity index (χ0) is 18.6. The van der Waals surface area contributed by atoms with Gasteiger partial charge in [0.05, 0.1) is 0 Å². The Hall–Kier alpha value is -3.02. The van der Waals surface area contributed by atoms with Crippen LogP contribution in [-0.4, -0.2) is 39.1 Å². The average Bonchev–Trinajstić information content (AvgIpc) is 3.24. The fourth-order valence-corrected chi connectivity index (χ4v) is 3.58. The largest absolute Gasteiger partial charge is 0.337 e. The van der Waals surface area contributed by atoms with Crippen LogP contribution in [0.4, 0.5) is 4.39 Å². The zero-order valence-electron chi connectivity index (χ0n) is 14.9. The molecule has 1 atom stereocenters. The molecule has 0 aliphatic carbocycles. The van der Waals surface area contributed by atoms with Gasteiger partial charge in [-0.3, -0.25) is 14.9 Å². The van der Waals surface area contributed by atoms with E-state index in [2.05, 4.69) is 10.2 Å². The second kappa shape index (κ2) is 7.70. The molecule has 4 rings (SSSR count). The van der Waals surface area contributed by atoms with Gasteiger partial charge in [0.25, 0.3) is 5.91 Å². The van der Waals surface area contributed by atoms with Gasteiger partial charge in [-0.25, -0.2) is 4.39 Å². The van der Waals surface area contributed by atoms with Crippen LogP contribution >= 0.6 is 0 Å². The van der Waals surface area contributed by atoms with Gasteiger partial charge in [0, 0.05) is 43.0 Å². The number of amides is 1. The van der Waals surface area contributed by atoms with Crippen LogP contribution in [0.3, 0.4) is 0 Å². The van der Waals surface area contributed by atoms with Crippen LogP contribution in [0.2, 0.25) is 0 Å². The van der Waals surface area contributed by atoms with Crippen LogP contribution in [0.25, 0.3) is 0 Å². The minimum Gasteiger partial charge on any atom is -0.337 e. The number of likely N-dealkylation sites (tertiary alicyclic amines) is 1. The predicted molar refractivity (Wildman–Crippen MR) is 99.9 cm³/mol. The predicted octanol–water partition coefficient (Wildman–Crippen LogP) is 3.55. The van der Waals surface area contributed by atoms with Crippen molar-refractivity contribution in [1.82, 2.24) is 20.1 Å². The molecule has 138 valence electrons. The smallest absolute Gasteiger partial charge is 0.271 e. The van der Waals surface area contributed by atoms with Gasteiger partial charge in [0.1, 0.15) is 11.5 Å². The molecule has 3 aromatic rings. The molecule has 1 aliphatic heterocycles. The number of hydrogen-bond acceptors (Lipinski definition) is 3. The van der Waals surface area contributed by atoms with Crippen molar-refractivity contribution < 1.29 is 9.18 Å². The Balaban J connectivity index is 1.47. The third-order valence-electron chi connectivity index (χ3n) is 4.98. The van der Waals surface area contributed by atoms with Crippen molar-refractivity contribution in [2.24, 2.45) is 0 Å². The number of nitrogens with one attached hydrogen (secondary N) is 1. The van der Waals surface area contributed by atoms with Crippen molar-refractivity contribution in [2.75, 3.05) is 13.1 Å². The van der Waals surface area contributed by atoms with E-state index in [0.717, 1.165) is 36.3 Å². The van der Waals surface area contributed by atoms with Gasteiger partial charge in [-0.05, 0) is 48.7 Å². The third-order valence-corrected chi connectivity index (χ3v) is 4.98. The van der Waals surface area contributed by atoms with Crippen LogP contribution in [0.15, 0.2) is 54.7 Å². The number of hydrogen-bond donors (Lipinski definition) is 1. The maximum atomic E-state index is 13.1. The summed E-state index contributed by atoms with van der Waals surface area (Å²) < 4.78 is 13.1. The second-order valence-electron chi connectivity index (χ2n) is 6.92. The van der Waals surface area contributed by atoms with E-state index >= 15 is 0 Å². The number of carbonyl (C=O) groups excluding carboxylic acids is 1. The van der Waals surface area contributed by atoms with Gasteiger partial charge in [-0.15, -0.1) is 0 Å². The molecule has 27 heavy (non-hydrogen) atoms. The molecule has 1 fully saturated rings. The maximum Gasteiger partial charge on any atom is 0.271 e. The summed E-state index contributed by atoms with van der Waals surface area (Å²) >= 11 is 0. The van der Waals surface area contributed by atoms with Crippen molar-refractivity contribution in [3.05, 3.63) is 83.2 Å². The Morgan fingerprint density at radius 3 is 2.81 bits per heavy atom. The maximum absolute atomic E-state index is 13.1. The minimum atomic E-state index is -0.232. The Bertz CT molecular complexity index is 908. The van der Waals surface area contributed by atoms with E-state index in [1.54, 1.807) is 24.4 Å². The fraction of sp³-hybridized carbons (Fsp3) is 0.286. The lowest BCUT2D eigenvalue weighted by atomic mass is 9.93. The molecular formula is C21H21FN4O. The van der Waals surface area contributed by atoms with E-state index in [-0.39, 0.29) is 17.6 Å². The molecular weight excluding hydrogens is 343 g/mol. The van der Waals surface area contributed by atoms with Gasteiger partial charge < -0.3 is 4.90 Å². The average molecular weight is 364 g/mol.